The maximum Gasteiger partial charge on any atom is 0.185 e. The van der Waals surface area contributed by atoms with Crippen LogP contribution in [0.2, 0.25) is 0 Å². The third-order valence-corrected chi connectivity index (χ3v) is 2.35. The molecule has 1 heterocycles. The minimum Gasteiger partial charge on any atom is -0.292 e. The van der Waals surface area contributed by atoms with E-state index in [0.29, 0.717) is 12.1 Å². The van der Waals surface area contributed by atoms with Crippen LogP contribution in [0, 0.1) is 6.92 Å². The van der Waals surface area contributed by atoms with Crippen LogP contribution in [0.25, 0.3) is 0 Å². The van der Waals surface area contributed by atoms with Crippen LogP contribution in [0.15, 0.2) is 42.9 Å². The number of ketones is 1. The number of benzene rings is 1. The second-order valence-corrected chi connectivity index (χ2v) is 3.68. The van der Waals surface area contributed by atoms with Gasteiger partial charge in [-0.2, -0.15) is 0 Å². The summed E-state index contributed by atoms with van der Waals surface area (Å²) in [6.07, 6.45) is 3.36. The first-order valence-electron chi connectivity index (χ1n) is 5.10. The molecule has 0 aliphatic heterocycles. The smallest absolute Gasteiger partial charge is 0.185 e. The monoisotopic (exact) mass is 212 g/mol. The van der Waals surface area contributed by atoms with Crippen molar-refractivity contribution in [1.82, 2.24) is 9.97 Å². The summed E-state index contributed by atoms with van der Waals surface area (Å²) >= 11 is 0. The van der Waals surface area contributed by atoms with Gasteiger partial charge in [-0.25, -0.2) is 9.97 Å². The number of carbonyl (C=O) groups is 1. The van der Waals surface area contributed by atoms with Crippen LogP contribution in [0.5, 0.6) is 0 Å². The second-order valence-electron chi connectivity index (χ2n) is 3.68. The molecular formula is C13H12N2O. The molecule has 1 aromatic carbocycles. The van der Waals surface area contributed by atoms with Crippen LogP contribution in [-0.2, 0) is 6.42 Å². The average molecular weight is 212 g/mol. The lowest BCUT2D eigenvalue weighted by Gasteiger charge is -2.00. The van der Waals surface area contributed by atoms with Crippen LogP contribution < -0.4 is 0 Å². The van der Waals surface area contributed by atoms with Gasteiger partial charge >= 0.3 is 0 Å². The first kappa shape index (κ1) is 10.5. The Bertz CT molecular complexity index is 477. The first-order chi connectivity index (χ1) is 7.75. The lowest BCUT2D eigenvalue weighted by atomic mass is 10.1. The molecule has 0 saturated carbocycles. The maximum atomic E-state index is 11.8. The van der Waals surface area contributed by atoms with Gasteiger partial charge < -0.3 is 0 Å². The molecule has 1 aromatic heterocycles. The van der Waals surface area contributed by atoms with Crippen LogP contribution in [0.1, 0.15) is 21.6 Å². The Morgan fingerprint density at radius 1 is 1.19 bits per heavy atom. The Hall–Kier alpha value is -2.03. The fraction of sp³-hybridized carbons (Fsp3) is 0.154. The molecule has 0 fully saturated rings. The highest BCUT2D eigenvalue weighted by molar-refractivity contribution is 5.95. The van der Waals surface area contributed by atoms with Gasteiger partial charge in [0, 0.05) is 12.6 Å². The van der Waals surface area contributed by atoms with Gasteiger partial charge in [0.15, 0.2) is 5.78 Å². The van der Waals surface area contributed by atoms with E-state index in [2.05, 4.69) is 9.97 Å². The number of carbonyl (C=O) groups excluding carboxylic acids is 1. The third kappa shape index (κ3) is 2.51. The molecule has 0 amide bonds. The van der Waals surface area contributed by atoms with Crippen molar-refractivity contribution in [3.63, 3.8) is 0 Å². The lowest BCUT2D eigenvalue weighted by molar-refractivity contribution is 0.0988. The molecule has 0 spiro atoms. The van der Waals surface area contributed by atoms with Crippen LogP contribution in [0.3, 0.4) is 0 Å². The predicted octanol–water partition coefficient (Wildman–Crippen LogP) is 2.21. The average Bonchev–Trinajstić information content (AvgIpc) is 2.33. The summed E-state index contributed by atoms with van der Waals surface area (Å²) in [5.74, 6) is 0.0197. The largest absolute Gasteiger partial charge is 0.292 e. The number of hydrogen-bond acceptors (Lipinski definition) is 3. The van der Waals surface area contributed by atoms with Crippen molar-refractivity contribution in [3.05, 3.63) is 59.7 Å². The number of aromatic nitrogens is 2. The molecular weight excluding hydrogens is 200 g/mol. The number of nitrogens with zero attached hydrogens (tertiary/aromatic N) is 2. The summed E-state index contributed by atoms with van der Waals surface area (Å²) in [5.41, 5.74) is 2.67. The number of rotatable bonds is 3. The van der Waals surface area contributed by atoms with E-state index >= 15 is 0 Å². The molecule has 0 radical (unpaired) electrons. The zero-order chi connectivity index (χ0) is 11.4. The van der Waals surface area contributed by atoms with Gasteiger partial charge in [0.1, 0.15) is 12.0 Å². The fourth-order valence-electron chi connectivity index (χ4n) is 1.44. The summed E-state index contributed by atoms with van der Waals surface area (Å²) in [4.78, 5) is 19.5. The minimum atomic E-state index is 0.0197. The van der Waals surface area contributed by atoms with Gasteiger partial charge in [-0.15, -0.1) is 0 Å². The van der Waals surface area contributed by atoms with Crippen LogP contribution in [-0.4, -0.2) is 15.8 Å². The predicted molar refractivity (Wildman–Crippen MR) is 61.2 cm³/mol. The summed E-state index contributed by atoms with van der Waals surface area (Å²) in [6, 6.07) is 9.57. The second kappa shape index (κ2) is 4.66. The normalized spacial score (nSPS) is 10.1. The molecule has 3 nitrogen and oxygen atoms in total. The van der Waals surface area contributed by atoms with Gasteiger partial charge in [-0.05, 0) is 18.6 Å². The van der Waals surface area contributed by atoms with E-state index in [9.17, 15) is 4.79 Å². The van der Waals surface area contributed by atoms with E-state index in [1.807, 2.05) is 31.2 Å². The number of hydrogen-bond donors (Lipinski definition) is 0. The highest BCUT2D eigenvalue weighted by Crippen LogP contribution is 2.06. The Labute approximate surface area is 94.2 Å². The van der Waals surface area contributed by atoms with Gasteiger partial charge in [0.05, 0.1) is 0 Å². The van der Waals surface area contributed by atoms with Gasteiger partial charge in [-0.1, -0.05) is 29.8 Å². The minimum absolute atomic E-state index is 0.0197. The molecule has 0 saturated heterocycles. The topological polar surface area (TPSA) is 42.9 Å². The molecule has 2 rings (SSSR count). The van der Waals surface area contributed by atoms with E-state index < -0.39 is 0 Å². The standard InChI is InChI=1S/C13H12N2O/c1-10-2-4-11(5-3-10)8-13(16)12-6-7-14-9-15-12/h2-7,9H,8H2,1H3. The number of Topliss-reactive ketones (excluding diaryl/α,β-unsaturated/α-hetero) is 1. The summed E-state index contributed by atoms with van der Waals surface area (Å²) in [7, 11) is 0. The van der Waals surface area contributed by atoms with E-state index in [-0.39, 0.29) is 5.78 Å². The molecule has 16 heavy (non-hydrogen) atoms. The zero-order valence-corrected chi connectivity index (χ0v) is 9.05. The van der Waals surface area contributed by atoms with Crippen molar-refractivity contribution in [2.45, 2.75) is 13.3 Å². The van der Waals surface area contributed by atoms with Crippen molar-refractivity contribution >= 4 is 5.78 Å². The molecule has 0 bridgehead atoms. The third-order valence-electron chi connectivity index (χ3n) is 2.35. The maximum absolute atomic E-state index is 11.8. The Morgan fingerprint density at radius 3 is 2.56 bits per heavy atom. The molecule has 0 aliphatic rings. The molecule has 2 aromatic rings. The van der Waals surface area contributed by atoms with Crippen molar-refractivity contribution in [1.29, 1.82) is 0 Å². The Morgan fingerprint density at radius 2 is 1.94 bits per heavy atom. The Balaban J connectivity index is 2.11. The molecule has 3 heteroatoms. The summed E-state index contributed by atoms with van der Waals surface area (Å²) < 4.78 is 0. The SMILES string of the molecule is Cc1ccc(CC(=O)c2ccncn2)cc1. The van der Waals surface area contributed by atoms with E-state index in [0.717, 1.165) is 5.56 Å². The van der Waals surface area contributed by atoms with Crippen LogP contribution >= 0.6 is 0 Å². The quantitative estimate of drug-likeness (QED) is 0.732. The molecule has 0 aliphatic carbocycles. The molecule has 0 unspecified atom stereocenters. The van der Waals surface area contributed by atoms with Crippen LogP contribution in [0.4, 0.5) is 0 Å². The van der Waals surface area contributed by atoms with E-state index in [4.69, 9.17) is 0 Å². The van der Waals surface area contributed by atoms with Crippen molar-refractivity contribution in [2.24, 2.45) is 0 Å². The van der Waals surface area contributed by atoms with Crippen molar-refractivity contribution in [2.75, 3.05) is 0 Å². The number of aryl methyl sites for hydroxylation is 1. The molecule has 0 atom stereocenters. The summed E-state index contributed by atoms with van der Waals surface area (Å²) in [5, 5.41) is 0. The summed E-state index contributed by atoms with van der Waals surface area (Å²) in [6.45, 7) is 2.02. The fourth-order valence-corrected chi connectivity index (χ4v) is 1.44. The Kier molecular flexibility index (Phi) is 3.05. The van der Waals surface area contributed by atoms with Gasteiger partial charge in [0.25, 0.3) is 0 Å². The van der Waals surface area contributed by atoms with E-state index in [1.165, 1.54) is 11.9 Å². The van der Waals surface area contributed by atoms with Gasteiger partial charge in [0.2, 0.25) is 0 Å². The van der Waals surface area contributed by atoms with Crippen molar-refractivity contribution in [3.8, 4) is 0 Å². The van der Waals surface area contributed by atoms with Crippen molar-refractivity contribution < 1.29 is 4.79 Å². The van der Waals surface area contributed by atoms with Gasteiger partial charge in [-0.3, -0.25) is 4.79 Å². The zero-order valence-electron chi connectivity index (χ0n) is 9.05. The highest BCUT2D eigenvalue weighted by atomic mass is 16.1. The highest BCUT2D eigenvalue weighted by Gasteiger charge is 2.07. The molecule has 0 N–H and O–H groups in total. The van der Waals surface area contributed by atoms with E-state index in [1.54, 1.807) is 12.3 Å². The lowest BCUT2D eigenvalue weighted by Crippen LogP contribution is -2.05. The molecule has 80 valence electrons. The first-order valence-corrected chi connectivity index (χ1v) is 5.10.